The third-order valence-electron chi connectivity index (χ3n) is 8.41. The normalized spacial score (nSPS) is 13.5. The van der Waals surface area contributed by atoms with Gasteiger partial charge in [0.05, 0.1) is 56.0 Å². The first kappa shape index (κ1) is 36.4. The number of hydrogen-bond donors (Lipinski definition) is 1. The van der Waals surface area contributed by atoms with Crippen LogP contribution in [0, 0.1) is 5.82 Å². The second kappa shape index (κ2) is 15.8. The quantitative estimate of drug-likeness (QED) is 0.245. The van der Waals surface area contributed by atoms with Gasteiger partial charge in [0.1, 0.15) is 23.9 Å². The number of nitrogens with zero attached hydrogens (tertiary/aromatic N) is 6. The van der Waals surface area contributed by atoms with Crippen LogP contribution >= 0.6 is 0 Å². The number of anilines is 2. The summed E-state index contributed by atoms with van der Waals surface area (Å²) in [6.45, 7) is 6.10. The summed E-state index contributed by atoms with van der Waals surface area (Å²) in [5, 5.41) is 5.00. The van der Waals surface area contributed by atoms with Crippen molar-refractivity contribution in [2.24, 2.45) is 0 Å². The molecule has 4 amide bonds. The van der Waals surface area contributed by atoms with E-state index in [0.29, 0.717) is 33.8 Å². The number of ether oxygens (including phenoxy) is 3. The first-order valence-corrected chi connectivity index (χ1v) is 16.5. The summed E-state index contributed by atoms with van der Waals surface area (Å²) in [7, 11) is 4.48. The molecule has 1 saturated heterocycles. The number of para-hydroxylation sites is 1. The zero-order valence-corrected chi connectivity index (χ0v) is 29.5. The number of hydrogen-bond acceptors (Lipinski definition) is 9. The van der Waals surface area contributed by atoms with Gasteiger partial charge in [-0.15, -0.1) is 0 Å². The van der Waals surface area contributed by atoms with Gasteiger partial charge in [-0.25, -0.2) is 23.6 Å². The number of urea groups is 1. The van der Waals surface area contributed by atoms with Crippen LogP contribution in [0.4, 0.5) is 25.4 Å². The van der Waals surface area contributed by atoms with Crippen molar-refractivity contribution in [3.05, 3.63) is 88.7 Å². The molecule has 0 saturated carbocycles. The Bertz CT molecular complexity index is 1950. The molecule has 0 bridgehead atoms. The van der Waals surface area contributed by atoms with E-state index in [1.807, 2.05) is 0 Å². The van der Waals surface area contributed by atoms with Crippen LogP contribution in [0.15, 0.2) is 71.5 Å². The lowest BCUT2D eigenvalue weighted by molar-refractivity contribution is -0.132. The number of amides is 4. The van der Waals surface area contributed by atoms with Crippen LogP contribution < -0.4 is 30.3 Å². The minimum atomic E-state index is -0.884. The third-order valence-corrected chi connectivity index (χ3v) is 8.41. The van der Waals surface area contributed by atoms with Gasteiger partial charge < -0.3 is 34.3 Å². The summed E-state index contributed by atoms with van der Waals surface area (Å²) >= 11 is 0. The standard InChI is InChI=1S/C36H42FN7O7.H2/c1-23(2)51-36(48)40(4)22-32(45)41-17-19-42(20-18-41)44-33(39-29-10-8-7-9-28(29)34(44)46)24(3)43(30-16-15-27(49-5)21-31(30)50-6)35(47)38-26-13-11-25(37)12-14-26;/h7-16,21,23-24H,17-20,22H2,1-6H3,(H,38,47);1H. The van der Waals surface area contributed by atoms with Crippen LogP contribution in [0.1, 0.15) is 34.1 Å². The van der Waals surface area contributed by atoms with Crippen molar-refractivity contribution in [2.75, 3.05) is 69.2 Å². The molecule has 0 spiro atoms. The molecule has 1 aromatic heterocycles. The van der Waals surface area contributed by atoms with E-state index in [1.165, 1.54) is 60.0 Å². The van der Waals surface area contributed by atoms with Gasteiger partial charge in [-0.3, -0.25) is 14.5 Å². The first-order chi connectivity index (χ1) is 24.4. The van der Waals surface area contributed by atoms with Crippen LogP contribution in [0.2, 0.25) is 0 Å². The summed E-state index contributed by atoms with van der Waals surface area (Å²) in [5.74, 6) is 0.354. The summed E-state index contributed by atoms with van der Waals surface area (Å²) < 4.78 is 31.4. The number of benzene rings is 3. The summed E-state index contributed by atoms with van der Waals surface area (Å²) in [6.07, 6.45) is -0.911. The summed E-state index contributed by atoms with van der Waals surface area (Å²) in [5.41, 5.74) is 0.791. The van der Waals surface area contributed by atoms with Crippen molar-refractivity contribution in [3.63, 3.8) is 0 Å². The maximum absolute atomic E-state index is 14.3. The van der Waals surface area contributed by atoms with Crippen molar-refractivity contribution in [3.8, 4) is 11.5 Å². The van der Waals surface area contributed by atoms with Gasteiger partial charge >= 0.3 is 12.1 Å². The highest BCUT2D eigenvalue weighted by atomic mass is 19.1. The Kier molecular flexibility index (Phi) is 11.3. The number of methoxy groups -OCH3 is 2. The van der Waals surface area contributed by atoms with E-state index in [0.717, 1.165) is 0 Å². The minimum Gasteiger partial charge on any atom is -0.497 e. The molecule has 14 nitrogen and oxygen atoms in total. The lowest BCUT2D eigenvalue weighted by Crippen LogP contribution is -2.58. The molecule has 0 aliphatic carbocycles. The average Bonchev–Trinajstić information content (AvgIpc) is 3.12. The number of piperazine rings is 1. The van der Waals surface area contributed by atoms with Crippen molar-refractivity contribution in [2.45, 2.75) is 32.9 Å². The number of rotatable bonds is 10. The maximum Gasteiger partial charge on any atom is 0.410 e. The number of halogens is 1. The number of aromatic nitrogens is 2. The number of likely N-dealkylation sites (N-methyl/N-ethyl adjacent to an activating group) is 1. The molecule has 272 valence electrons. The molecule has 1 fully saturated rings. The molecule has 1 atom stereocenters. The largest absolute Gasteiger partial charge is 0.497 e. The van der Waals surface area contributed by atoms with Gasteiger partial charge in [-0.1, -0.05) is 12.1 Å². The second-order valence-corrected chi connectivity index (χ2v) is 12.2. The van der Waals surface area contributed by atoms with E-state index in [9.17, 15) is 23.6 Å². The van der Waals surface area contributed by atoms with E-state index in [-0.39, 0.29) is 57.5 Å². The third kappa shape index (κ3) is 8.14. The highest BCUT2D eigenvalue weighted by Gasteiger charge is 2.33. The van der Waals surface area contributed by atoms with Crippen molar-refractivity contribution < 1.29 is 34.4 Å². The lowest BCUT2D eigenvalue weighted by atomic mass is 10.1. The Labute approximate surface area is 296 Å². The zero-order chi connectivity index (χ0) is 36.8. The van der Waals surface area contributed by atoms with Crippen LogP contribution in [-0.2, 0) is 9.53 Å². The van der Waals surface area contributed by atoms with Gasteiger partial charge in [-0.2, -0.15) is 0 Å². The molecule has 1 N–H and O–H groups in total. The topological polar surface area (TPSA) is 139 Å². The average molecular weight is 706 g/mol. The molecule has 4 aromatic rings. The monoisotopic (exact) mass is 705 g/mol. The van der Waals surface area contributed by atoms with Gasteiger partial charge in [0, 0.05) is 33.3 Å². The lowest BCUT2D eigenvalue weighted by Gasteiger charge is -2.39. The minimum absolute atomic E-state index is 0. The molecular formula is C36H44FN7O7. The number of carbonyl (C=O) groups is 3. The number of nitrogens with one attached hydrogen (secondary N) is 1. The van der Waals surface area contributed by atoms with Crippen molar-refractivity contribution in [1.29, 1.82) is 0 Å². The van der Waals surface area contributed by atoms with Gasteiger partial charge in [0.25, 0.3) is 5.56 Å². The van der Waals surface area contributed by atoms with E-state index >= 15 is 0 Å². The van der Waals surface area contributed by atoms with Gasteiger partial charge in [0.15, 0.2) is 5.82 Å². The van der Waals surface area contributed by atoms with Crippen molar-refractivity contribution >= 4 is 40.3 Å². The Hall–Kier alpha value is -5.86. The van der Waals surface area contributed by atoms with Crippen LogP contribution in [-0.4, -0.2) is 97.6 Å². The molecule has 5 rings (SSSR count). The molecule has 1 aliphatic heterocycles. The van der Waals surface area contributed by atoms with Gasteiger partial charge in [-0.05, 0) is 69.3 Å². The zero-order valence-electron chi connectivity index (χ0n) is 29.5. The molecule has 51 heavy (non-hydrogen) atoms. The van der Waals surface area contributed by atoms with Crippen LogP contribution in [0.25, 0.3) is 10.9 Å². The fourth-order valence-corrected chi connectivity index (χ4v) is 5.80. The van der Waals surface area contributed by atoms with E-state index < -0.39 is 24.0 Å². The number of carbonyl (C=O) groups excluding carboxylic acids is 3. The first-order valence-electron chi connectivity index (χ1n) is 16.5. The van der Waals surface area contributed by atoms with Gasteiger partial charge in [0.2, 0.25) is 5.91 Å². The highest BCUT2D eigenvalue weighted by Crippen LogP contribution is 2.37. The molecule has 15 heteroatoms. The van der Waals surface area contributed by atoms with Crippen LogP contribution in [0.3, 0.4) is 0 Å². The number of fused-ring (bicyclic) bond motifs is 1. The second-order valence-electron chi connectivity index (χ2n) is 12.2. The van der Waals surface area contributed by atoms with E-state index in [1.54, 1.807) is 73.1 Å². The SMILES string of the molecule is COc1ccc(N(C(=O)Nc2ccc(F)cc2)C(C)c2nc3ccccc3c(=O)n2N2CCN(C(=O)CN(C)C(=O)OC(C)C)CC2)c(OC)c1.[HH]. The Morgan fingerprint density at radius 2 is 1.65 bits per heavy atom. The van der Waals surface area contributed by atoms with E-state index in [4.69, 9.17) is 19.2 Å². The predicted molar refractivity (Wildman–Crippen MR) is 193 cm³/mol. The maximum atomic E-state index is 14.3. The molecule has 3 aromatic carbocycles. The molecular weight excluding hydrogens is 661 g/mol. The molecule has 1 unspecified atom stereocenters. The molecule has 2 heterocycles. The Balaban J connectivity index is 0.00000605. The van der Waals surface area contributed by atoms with Crippen LogP contribution in [0.5, 0.6) is 11.5 Å². The molecule has 0 radical (unpaired) electrons. The Morgan fingerprint density at radius 3 is 2.29 bits per heavy atom. The summed E-state index contributed by atoms with van der Waals surface area (Å²) in [4.78, 5) is 63.1. The predicted octanol–water partition coefficient (Wildman–Crippen LogP) is 4.86. The molecule has 1 aliphatic rings. The summed E-state index contributed by atoms with van der Waals surface area (Å²) in [6, 6.07) is 15.8. The Morgan fingerprint density at radius 1 is 0.961 bits per heavy atom. The van der Waals surface area contributed by atoms with E-state index in [2.05, 4.69) is 5.32 Å². The van der Waals surface area contributed by atoms with Crippen molar-refractivity contribution in [1.82, 2.24) is 19.5 Å². The highest BCUT2D eigenvalue weighted by molar-refractivity contribution is 6.03. The fourth-order valence-electron chi connectivity index (χ4n) is 5.80. The fraction of sp³-hybridized carbons (Fsp3) is 0.361. The smallest absolute Gasteiger partial charge is 0.410 e.